The van der Waals surface area contributed by atoms with Gasteiger partial charge in [0.25, 0.3) is 0 Å². The van der Waals surface area contributed by atoms with E-state index in [1.807, 2.05) is 12.1 Å². The van der Waals surface area contributed by atoms with Gasteiger partial charge in [0.1, 0.15) is 0 Å². The van der Waals surface area contributed by atoms with Crippen LogP contribution in [0.25, 0.3) is 0 Å². The highest BCUT2D eigenvalue weighted by Crippen LogP contribution is 2.21. The zero-order chi connectivity index (χ0) is 12.4. The largest absolute Gasteiger partial charge is 0.398 e. The lowest BCUT2D eigenvalue weighted by atomic mass is 9.99. The average Bonchev–Trinajstić information content (AvgIpc) is 2.41. The SMILES string of the molecule is Nc1ccccc1CN1CCc2ccccc2C1. The average molecular weight is 238 g/mol. The molecular weight excluding hydrogens is 220 g/mol. The molecule has 0 aromatic heterocycles. The van der Waals surface area contributed by atoms with E-state index in [4.69, 9.17) is 5.73 Å². The van der Waals surface area contributed by atoms with Gasteiger partial charge in [-0.25, -0.2) is 0 Å². The highest BCUT2D eigenvalue weighted by molar-refractivity contribution is 5.46. The molecule has 2 aromatic rings. The molecule has 0 aliphatic carbocycles. The van der Waals surface area contributed by atoms with Crippen molar-refractivity contribution in [2.24, 2.45) is 0 Å². The summed E-state index contributed by atoms with van der Waals surface area (Å²) in [6.45, 7) is 3.09. The summed E-state index contributed by atoms with van der Waals surface area (Å²) in [6.07, 6.45) is 1.14. The molecule has 0 radical (unpaired) electrons. The van der Waals surface area contributed by atoms with Crippen LogP contribution in [0.4, 0.5) is 5.69 Å². The summed E-state index contributed by atoms with van der Waals surface area (Å²) in [7, 11) is 0. The first-order chi connectivity index (χ1) is 8.83. The Morgan fingerprint density at radius 1 is 0.944 bits per heavy atom. The van der Waals surface area contributed by atoms with Crippen molar-refractivity contribution >= 4 is 5.69 Å². The van der Waals surface area contributed by atoms with E-state index in [9.17, 15) is 0 Å². The highest BCUT2D eigenvalue weighted by atomic mass is 15.1. The van der Waals surface area contributed by atoms with Crippen LogP contribution < -0.4 is 5.73 Å². The molecule has 92 valence electrons. The lowest BCUT2D eigenvalue weighted by Gasteiger charge is -2.29. The molecule has 0 saturated carbocycles. The molecule has 2 N–H and O–H groups in total. The minimum Gasteiger partial charge on any atom is -0.398 e. The summed E-state index contributed by atoms with van der Waals surface area (Å²) >= 11 is 0. The number of nitrogens with two attached hydrogens (primary N) is 1. The number of para-hydroxylation sites is 1. The number of hydrogen-bond acceptors (Lipinski definition) is 2. The maximum absolute atomic E-state index is 6.01. The van der Waals surface area contributed by atoms with E-state index < -0.39 is 0 Å². The Labute approximate surface area is 108 Å². The molecule has 2 heteroatoms. The molecule has 18 heavy (non-hydrogen) atoms. The Balaban J connectivity index is 1.75. The van der Waals surface area contributed by atoms with Crippen LogP contribution in [0.1, 0.15) is 16.7 Å². The van der Waals surface area contributed by atoms with Crippen molar-refractivity contribution in [3.05, 3.63) is 65.2 Å². The van der Waals surface area contributed by atoms with Crippen molar-refractivity contribution in [2.45, 2.75) is 19.5 Å². The predicted molar refractivity (Wildman–Crippen MR) is 75.1 cm³/mol. The third-order valence-corrected chi connectivity index (χ3v) is 3.66. The summed E-state index contributed by atoms with van der Waals surface area (Å²) < 4.78 is 0. The van der Waals surface area contributed by atoms with Gasteiger partial charge in [-0.2, -0.15) is 0 Å². The van der Waals surface area contributed by atoms with Gasteiger partial charge in [0.05, 0.1) is 0 Å². The van der Waals surface area contributed by atoms with E-state index in [1.54, 1.807) is 0 Å². The Morgan fingerprint density at radius 2 is 1.67 bits per heavy atom. The van der Waals surface area contributed by atoms with Crippen molar-refractivity contribution in [3.63, 3.8) is 0 Å². The lowest BCUT2D eigenvalue weighted by Crippen LogP contribution is -2.30. The zero-order valence-electron chi connectivity index (χ0n) is 10.5. The third-order valence-electron chi connectivity index (χ3n) is 3.66. The van der Waals surface area contributed by atoms with E-state index in [0.717, 1.165) is 31.7 Å². The number of hydrogen-bond donors (Lipinski definition) is 1. The normalized spacial score (nSPS) is 15.3. The second-order valence-electron chi connectivity index (χ2n) is 4.93. The van der Waals surface area contributed by atoms with E-state index in [-0.39, 0.29) is 0 Å². The van der Waals surface area contributed by atoms with Crippen molar-refractivity contribution < 1.29 is 0 Å². The lowest BCUT2D eigenvalue weighted by molar-refractivity contribution is 0.246. The smallest absolute Gasteiger partial charge is 0.0359 e. The first-order valence-electron chi connectivity index (χ1n) is 6.45. The number of nitrogen functional groups attached to an aromatic ring is 1. The van der Waals surface area contributed by atoms with Crippen LogP contribution in [-0.2, 0) is 19.5 Å². The Hall–Kier alpha value is -1.80. The fourth-order valence-electron chi connectivity index (χ4n) is 2.61. The first kappa shape index (κ1) is 11.3. The van der Waals surface area contributed by atoms with Gasteiger partial charge in [0.2, 0.25) is 0 Å². The molecule has 0 spiro atoms. The molecule has 1 aliphatic rings. The van der Waals surface area contributed by atoms with Gasteiger partial charge in [-0.1, -0.05) is 42.5 Å². The molecule has 0 saturated heterocycles. The van der Waals surface area contributed by atoms with Gasteiger partial charge in [-0.05, 0) is 29.2 Å². The second-order valence-corrected chi connectivity index (χ2v) is 4.93. The first-order valence-corrected chi connectivity index (χ1v) is 6.45. The van der Waals surface area contributed by atoms with Crippen molar-refractivity contribution in [2.75, 3.05) is 12.3 Å². The van der Waals surface area contributed by atoms with Crippen LogP contribution in [0.5, 0.6) is 0 Å². The maximum Gasteiger partial charge on any atom is 0.0359 e. The van der Waals surface area contributed by atoms with Crippen LogP contribution in [0.15, 0.2) is 48.5 Å². The monoisotopic (exact) mass is 238 g/mol. The van der Waals surface area contributed by atoms with E-state index in [2.05, 4.69) is 41.3 Å². The summed E-state index contributed by atoms with van der Waals surface area (Å²) in [5.41, 5.74) is 11.1. The van der Waals surface area contributed by atoms with Gasteiger partial charge < -0.3 is 5.73 Å². The van der Waals surface area contributed by atoms with Gasteiger partial charge in [-0.3, -0.25) is 4.90 Å². The molecule has 0 atom stereocenters. The summed E-state index contributed by atoms with van der Waals surface area (Å²) in [4.78, 5) is 2.47. The van der Waals surface area contributed by atoms with Crippen LogP contribution in [0.2, 0.25) is 0 Å². The minimum atomic E-state index is 0.899. The number of rotatable bonds is 2. The molecule has 1 heterocycles. The molecular formula is C16H18N2. The maximum atomic E-state index is 6.01. The molecule has 0 bridgehead atoms. The number of nitrogens with zero attached hydrogens (tertiary/aromatic N) is 1. The topological polar surface area (TPSA) is 29.3 Å². The molecule has 0 unspecified atom stereocenters. The van der Waals surface area contributed by atoms with Crippen molar-refractivity contribution in [1.82, 2.24) is 4.90 Å². The predicted octanol–water partition coefficient (Wildman–Crippen LogP) is 2.83. The third kappa shape index (κ3) is 2.24. The molecule has 3 rings (SSSR count). The number of benzene rings is 2. The Morgan fingerprint density at radius 3 is 2.50 bits per heavy atom. The zero-order valence-corrected chi connectivity index (χ0v) is 10.5. The van der Waals surface area contributed by atoms with Gasteiger partial charge in [0.15, 0.2) is 0 Å². The summed E-state index contributed by atoms with van der Waals surface area (Å²) in [6, 6.07) is 16.9. The van der Waals surface area contributed by atoms with E-state index >= 15 is 0 Å². The fourth-order valence-corrected chi connectivity index (χ4v) is 2.61. The summed E-state index contributed by atoms with van der Waals surface area (Å²) in [5.74, 6) is 0. The molecule has 0 fully saturated rings. The van der Waals surface area contributed by atoms with E-state index in [1.165, 1.54) is 16.7 Å². The van der Waals surface area contributed by atoms with Crippen LogP contribution in [-0.4, -0.2) is 11.4 Å². The standard InChI is InChI=1S/C16H18N2/c17-16-8-4-3-7-15(16)12-18-10-9-13-5-1-2-6-14(13)11-18/h1-8H,9-12,17H2. The van der Waals surface area contributed by atoms with Crippen molar-refractivity contribution in [1.29, 1.82) is 0 Å². The van der Waals surface area contributed by atoms with Crippen LogP contribution >= 0.6 is 0 Å². The Bertz CT molecular complexity index is 548. The minimum absolute atomic E-state index is 0.899. The van der Waals surface area contributed by atoms with Crippen molar-refractivity contribution in [3.8, 4) is 0 Å². The second kappa shape index (κ2) is 4.83. The quantitative estimate of drug-likeness (QED) is 0.815. The van der Waals surface area contributed by atoms with E-state index in [0.29, 0.717) is 0 Å². The van der Waals surface area contributed by atoms with Gasteiger partial charge >= 0.3 is 0 Å². The van der Waals surface area contributed by atoms with Crippen LogP contribution in [0, 0.1) is 0 Å². The molecule has 2 aromatic carbocycles. The highest BCUT2D eigenvalue weighted by Gasteiger charge is 2.16. The molecule has 0 amide bonds. The number of fused-ring (bicyclic) bond motifs is 1. The van der Waals surface area contributed by atoms with Gasteiger partial charge in [-0.15, -0.1) is 0 Å². The molecule has 1 aliphatic heterocycles. The van der Waals surface area contributed by atoms with Gasteiger partial charge in [0, 0.05) is 25.3 Å². The summed E-state index contributed by atoms with van der Waals surface area (Å²) in [5, 5.41) is 0. The fraction of sp³-hybridized carbons (Fsp3) is 0.250. The number of anilines is 1. The van der Waals surface area contributed by atoms with Crippen LogP contribution in [0.3, 0.4) is 0 Å². The Kier molecular flexibility index (Phi) is 3.03. The molecule has 2 nitrogen and oxygen atoms in total.